The van der Waals surface area contributed by atoms with Crippen LogP contribution in [0.25, 0.3) is 0 Å². The van der Waals surface area contributed by atoms with Crippen molar-refractivity contribution in [3.8, 4) is 0 Å². The molecule has 1 N–H and O–H groups in total. The number of alkyl halides is 3. The van der Waals surface area contributed by atoms with Crippen LogP contribution in [-0.2, 0) is 17.5 Å². The molecule has 1 spiro atoms. The van der Waals surface area contributed by atoms with Crippen molar-refractivity contribution in [1.29, 1.82) is 0 Å². The van der Waals surface area contributed by atoms with E-state index in [1.807, 2.05) is 0 Å². The number of hydrogen-bond donors (Lipinski definition) is 1. The molecule has 6 heteroatoms. The van der Waals surface area contributed by atoms with Gasteiger partial charge in [-0.3, -0.25) is 4.79 Å². The van der Waals surface area contributed by atoms with Crippen molar-refractivity contribution < 1.29 is 18.0 Å². The zero-order chi connectivity index (χ0) is 20.9. The largest absolute Gasteiger partial charge is 0.416 e. The van der Waals surface area contributed by atoms with Gasteiger partial charge in [-0.15, -0.1) is 0 Å². The normalized spacial score (nSPS) is 31.3. The van der Waals surface area contributed by atoms with Gasteiger partial charge in [0.25, 0.3) is 0 Å². The smallest absolute Gasteiger partial charge is 0.339 e. The molecular formula is C24H29F3N2O. The Labute approximate surface area is 175 Å². The third kappa shape index (κ3) is 3.57. The summed E-state index contributed by atoms with van der Waals surface area (Å²) in [6.07, 6.45) is 6.82. The van der Waals surface area contributed by atoms with Crippen LogP contribution in [0.3, 0.4) is 0 Å². The lowest BCUT2D eigenvalue weighted by Crippen LogP contribution is -2.39. The average molecular weight is 419 g/mol. The van der Waals surface area contributed by atoms with E-state index in [0.29, 0.717) is 42.3 Å². The maximum Gasteiger partial charge on any atom is 0.416 e. The number of allylic oxidation sites excluding steroid dienone is 2. The quantitative estimate of drug-likeness (QED) is 0.511. The number of nitrogens with one attached hydrogen (secondary N) is 1. The topological polar surface area (TPSA) is 32.3 Å². The molecule has 1 aromatic rings. The molecule has 5 rings (SSSR count). The minimum absolute atomic E-state index is 0.254. The van der Waals surface area contributed by atoms with Crippen LogP contribution in [0.2, 0.25) is 0 Å². The van der Waals surface area contributed by atoms with E-state index in [0.717, 1.165) is 31.4 Å². The summed E-state index contributed by atoms with van der Waals surface area (Å²) in [7, 11) is 0. The highest BCUT2D eigenvalue weighted by Gasteiger charge is 2.62. The zero-order valence-corrected chi connectivity index (χ0v) is 17.1. The number of amides is 1. The lowest BCUT2D eigenvalue weighted by atomic mass is 9.88. The van der Waals surface area contributed by atoms with Crippen LogP contribution in [0, 0.1) is 23.2 Å². The third-order valence-corrected chi connectivity index (χ3v) is 7.97. The Morgan fingerprint density at radius 2 is 2.03 bits per heavy atom. The molecule has 3 fully saturated rings. The van der Waals surface area contributed by atoms with E-state index in [9.17, 15) is 18.0 Å². The van der Waals surface area contributed by atoms with E-state index in [-0.39, 0.29) is 11.9 Å². The number of carbonyl (C=O) groups is 1. The van der Waals surface area contributed by atoms with Crippen molar-refractivity contribution in [3.63, 3.8) is 0 Å². The van der Waals surface area contributed by atoms with E-state index in [4.69, 9.17) is 0 Å². The van der Waals surface area contributed by atoms with Gasteiger partial charge in [0.2, 0.25) is 5.91 Å². The van der Waals surface area contributed by atoms with E-state index < -0.39 is 11.7 Å². The second kappa shape index (κ2) is 7.40. The SMILES string of the molecule is O=C1CC[C@H](CCNCc2cccc(C(F)(F)F)c2)N1C[C@@H]1C[C@@H]2C=C[C@@H]1C21CC1. The Balaban J connectivity index is 1.12. The molecule has 1 saturated heterocycles. The molecule has 162 valence electrons. The first-order chi connectivity index (χ1) is 14.4. The molecule has 0 radical (unpaired) electrons. The number of nitrogens with zero attached hydrogens (tertiary/aromatic N) is 1. The predicted octanol–water partition coefficient (Wildman–Crippen LogP) is 4.78. The Morgan fingerprint density at radius 1 is 1.20 bits per heavy atom. The van der Waals surface area contributed by atoms with Crippen LogP contribution in [0.1, 0.15) is 49.7 Å². The highest BCUT2D eigenvalue weighted by atomic mass is 19.4. The van der Waals surface area contributed by atoms with Gasteiger partial charge in [0, 0.05) is 25.6 Å². The first-order valence-electron chi connectivity index (χ1n) is 11.2. The third-order valence-electron chi connectivity index (χ3n) is 7.97. The summed E-state index contributed by atoms with van der Waals surface area (Å²) in [5.41, 5.74) is 0.575. The number of halogens is 3. The van der Waals surface area contributed by atoms with Gasteiger partial charge < -0.3 is 10.2 Å². The molecule has 1 aromatic carbocycles. The van der Waals surface area contributed by atoms with Crippen molar-refractivity contribution in [2.75, 3.05) is 13.1 Å². The standard InChI is InChI=1S/C24H29F3N2O/c25-24(26,27)19-3-1-2-16(12-19)14-28-11-8-20-5-7-22(30)29(20)15-17-13-18-4-6-21(17)23(18)9-10-23/h1-4,6,12,17-18,20-21,28H,5,7-11,13-15H2/t17-,18-,20+,21-/m0/s1. The highest BCUT2D eigenvalue weighted by Crippen LogP contribution is 2.70. The van der Waals surface area contributed by atoms with Crippen LogP contribution in [-0.4, -0.2) is 29.9 Å². The maximum atomic E-state index is 12.9. The molecule has 4 atom stereocenters. The van der Waals surface area contributed by atoms with Gasteiger partial charge >= 0.3 is 6.18 Å². The lowest BCUT2D eigenvalue weighted by Gasteiger charge is -2.30. The van der Waals surface area contributed by atoms with Crippen molar-refractivity contribution in [1.82, 2.24) is 10.2 Å². The van der Waals surface area contributed by atoms with Gasteiger partial charge in [-0.05, 0) is 73.4 Å². The average Bonchev–Trinajstić information content (AvgIpc) is 3.26. The van der Waals surface area contributed by atoms with E-state index in [1.165, 1.54) is 31.4 Å². The molecular weight excluding hydrogens is 389 g/mol. The molecule has 4 aliphatic rings. The first-order valence-corrected chi connectivity index (χ1v) is 11.2. The second-order valence-electron chi connectivity index (χ2n) is 9.65. The van der Waals surface area contributed by atoms with E-state index in [2.05, 4.69) is 22.4 Å². The molecule has 1 heterocycles. The number of benzene rings is 1. The van der Waals surface area contributed by atoms with Gasteiger partial charge in [0.15, 0.2) is 0 Å². The Bertz CT molecular complexity index is 845. The fourth-order valence-corrected chi connectivity index (χ4v) is 6.29. The summed E-state index contributed by atoms with van der Waals surface area (Å²) in [5.74, 6) is 2.27. The molecule has 1 aliphatic heterocycles. The van der Waals surface area contributed by atoms with E-state index >= 15 is 0 Å². The molecule has 0 unspecified atom stereocenters. The molecule has 0 aromatic heterocycles. The fourth-order valence-electron chi connectivity index (χ4n) is 6.29. The summed E-state index contributed by atoms with van der Waals surface area (Å²) in [6, 6.07) is 5.72. The van der Waals surface area contributed by atoms with Crippen molar-refractivity contribution >= 4 is 5.91 Å². The molecule has 30 heavy (non-hydrogen) atoms. The monoisotopic (exact) mass is 418 g/mol. The Kier molecular flexibility index (Phi) is 4.96. The van der Waals surface area contributed by atoms with Crippen molar-refractivity contribution in [2.45, 2.75) is 57.3 Å². The second-order valence-corrected chi connectivity index (χ2v) is 9.65. The molecule has 2 bridgehead atoms. The number of carbonyl (C=O) groups excluding carboxylic acids is 1. The minimum Gasteiger partial charge on any atom is -0.339 e. The molecule has 2 saturated carbocycles. The molecule has 3 nitrogen and oxygen atoms in total. The first kappa shape index (κ1) is 20.1. The summed E-state index contributed by atoms with van der Waals surface area (Å²) >= 11 is 0. The van der Waals surface area contributed by atoms with Crippen LogP contribution >= 0.6 is 0 Å². The minimum atomic E-state index is -4.31. The summed E-state index contributed by atoms with van der Waals surface area (Å²) < 4.78 is 38.6. The van der Waals surface area contributed by atoms with Crippen molar-refractivity contribution in [2.24, 2.45) is 23.2 Å². The summed E-state index contributed by atoms with van der Waals surface area (Å²) in [5, 5.41) is 3.27. The zero-order valence-electron chi connectivity index (χ0n) is 17.1. The van der Waals surface area contributed by atoms with Crippen LogP contribution < -0.4 is 5.32 Å². The Morgan fingerprint density at radius 3 is 2.77 bits per heavy atom. The summed E-state index contributed by atoms with van der Waals surface area (Å²) in [4.78, 5) is 14.6. The molecule has 1 amide bonds. The van der Waals surface area contributed by atoms with Crippen molar-refractivity contribution in [3.05, 3.63) is 47.5 Å². The fraction of sp³-hybridized carbons (Fsp3) is 0.625. The van der Waals surface area contributed by atoms with Crippen LogP contribution in [0.15, 0.2) is 36.4 Å². The highest BCUT2D eigenvalue weighted by molar-refractivity contribution is 5.78. The Hall–Kier alpha value is -1.82. The van der Waals surface area contributed by atoms with E-state index in [1.54, 1.807) is 6.07 Å². The number of rotatable bonds is 7. The number of likely N-dealkylation sites (tertiary alicyclic amines) is 1. The van der Waals surface area contributed by atoms with Gasteiger partial charge in [-0.2, -0.15) is 13.2 Å². The lowest BCUT2D eigenvalue weighted by molar-refractivity contribution is -0.137. The number of hydrogen-bond acceptors (Lipinski definition) is 2. The summed E-state index contributed by atoms with van der Waals surface area (Å²) in [6.45, 7) is 1.99. The van der Waals surface area contributed by atoms with Gasteiger partial charge in [-0.25, -0.2) is 0 Å². The van der Waals surface area contributed by atoms with Crippen LogP contribution in [0.4, 0.5) is 13.2 Å². The molecule has 3 aliphatic carbocycles. The van der Waals surface area contributed by atoms with Crippen LogP contribution in [0.5, 0.6) is 0 Å². The van der Waals surface area contributed by atoms with Gasteiger partial charge in [0.05, 0.1) is 5.56 Å². The van der Waals surface area contributed by atoms with Gasteiger partial charge in [0.1, 0.15) is 0 Å². The van der Waals surface area contributed by atoms with Gasteiger partial charge in [-0.1, -0.05) is 30.4 Å². The predicted molar refractivity (Wildman–Crippen MR) is 108 cm³/mol. The maximum absolute atomic E-state index is 12.9.